The van der Waals surface area contributed by atoms with Crippen LogP contribution in [-0.4, -0.2) is 35.6 Å². The number of guanidine groups is 1. The highest BCUT2D eigenvalue weighted by Gasteiger charge is 2.02. The van der Waals surface area contributed by atoms with Gasteiger partial charge in [0.05, 0.1) is 6.54 Å². The van der Waals surface area contributed by atoms with Gasteiger partial charge in [-0.1, -0.05) is 54.1 Å². The maximum atomic E-state index is 12.2. The summed E-state index contributed by atoms with van der Waals surface area (Å²) in [6.07, 6.45) is 0.890. The quantitative estimate of drug-likeness (QED) is 0.299. The van der Waals surface area contributed by atoms with Crippen LogP contribution in [0.25, 0.3) is 0 Å². The molecule has 2 aromatic rings. The molecule has 0 aliphatic heterocycles. The van der Waals surface area contributed by atoms with Gasteiger partial charge in [0.15, 0.2) is 5.96 Å². The molecule has 27 heavy (non-hydrogen) atoms. The molecule has 148 valence electrons. The average Bonchev–Trinajstić information content (AvgIpc) is 2.64. The van der Waals surface area contributed by atoms with Crippen molar-refractivity contribution in [1.29, 1.82) is 0 Å². The molecule has 0 saturated carbocycles. The second kappa shape index (κ2) is 14.0. The maximum absolute atomic E-state index is 12.2. The van der Waals surface area contributed by atoms with Crippen LogP contribution in [0.5, 0.6) is 0 Å². The Bertz CT molecular complexity index is 711. The molecular formula is C20H27ClIN3OS. The van der Waals surface area contributed by atoms with Crippen LogP contribution >= 0.6 is 35.6 Å². The van der Waals surface area contributed by atoms with Crippen molar-refractivity contribution in [2.24, 2.45) is 4.99 Å². The molecule has 0 saturated heterocycles. The second-order valence-electron chi connectivity index (χ2n) is 5.84. The zero-order chi connectivity index (χ0) is 18.6. The van der Waals surface area contributed by atoms with E-state index in [9.17, 15) is 4.21 Å². The molecule has 0 aliphatic carbocycles. The zero-order valence-electron chi connectivity index (χ0n) is 15.5. The minimum absolute atomic E-state index is 0. The lowest BCUT2D eigenvalue weighted by Gasteiger charge is -2.11. The summed E-state index contributed by atoms with van der Waals surface area (Å²) < 4.78 is 12.2. The van der Waals surface area contributed by atoms with Crippen LogP contribution in [0.4, 0.5) is 0 Å². The average molecular weight is 520 g/mol. The summed E-state index contributed by atoms with van der Waals surface area (Å²) >= 11 is 5.90. The van der Waals surface area contributed by atoms with E-state index in [1.807, 2.05) is 61.5 Å². The zero-order valence-corrected chi connectivity index (χ0v) is 19.4. The highest BCUT2D eigenvalue weighted by atomic mass is 127. The summed E-state index contributed by atoms with van der Waals surface area (Å²) in [4.78, 5) is 4.52. The van der Waals surface area contributed by atoms with E-state index in [4.69, 9.17) is 11.6 Å². The third kappa shape index (κ3) is 10.1. The van der Waals surface area contributed by atoms with Gasteiger partial charge in [-0.2, -0.15) is 0 Å². The minimum atomic E-state index is -0.904. The van der Waals surface area contributed by atoms with Crippen LogP contribution in [0.15, 0.2) is 59.6 Å². The number of hydrogen-bond donors (Lipinski definition) is 2. The van der Waals surface area contributed by atoms with Crippen molar-refractivity contribution in [1.82, 2.24) is 10.6 Å². The Labute approximate surface area is 186 Å². The number of nitrogens with one attached hydrogen (secondary N) is 2. The Balaban J connectivity index is 0.00000364. The van der Waals surface area contributed by atoms with Crippen LogP contribution in [0.2, 0.25) is 5.02 Å². The topological polar surface area (TPSA) is 53.5 Å². The lowest BCUT2D eigenvalue weighted by Crippen LogP contribution is -2.38. The van der Waals surface area contributed by atoms with Crippen molar-refractivity contribution in [3.63, 3.8) is 0 Å². The normalized spacial score (nSPS) is 12.1. The van der Waals surface area contributed by atoms with E-state index in [1.54, 1.807) is 0 Å². The Kier molecular flexibility index (Phi) is 12.4. The van der Waals surface area contributed by atoms with Crippen LogP contribution in [0, 0.1) is 0 Å². The predicted octanol–water partition coefficient (Wildman–Crippen LogP) is 4.00. The Hall–Kier alpha value is -1.12. The number of hydrogen-bond acceptors (Lipinski definition) is 2. The molecule has 0 heterocycles. The molecule has 0 aliphatic rings. The van der Waals surface area contributed by atoms with Crippen molar-refractivity contribution in [3.8, 4) is 0 Å². The molecule has 1 atom stereocenters. The first-order chi connectivity index (χ1) is 12.7. The van der Waals surface area contributed by atoms with Gasteiger partial charge in [-0.15, -0.1) is 24.0 Å². The van der Waals surface area contributed by atoms with Gasteiger partial charge < -0.3 is 10.6 Å². The fraction of sp³-hybridized carbons (Fsp3) is 0.350. The van der Waals surface area contributed by atoms with E-state index < -0.39 is 10.8 Å². The number of benzene rings is 2. The fourth-order valence-electron chi connectivity index (χ4n) is 2.41. The number of aliphatic imine (C=N–C) groups is 1. The fourth-order valence-corrected chi connectivity index (χ4v) is 3.54. The smallest absolute Gasteiger partial charge is 0.191 e. The van der Waals surface area contributed by atoms with E-state index in [0.717, 1.165) is 36.1 Å². The lowest BCUT2D eigenvalue weighted by molar-refractivity contribution is 0.682. The standard InChI is InChI=1S/C20H26ClN3OS.HI/c1-2-22-20(23-13-12-17-8-10-19(21)11-9-17)24-14-15-26(25)16-18-6-4-3-5-7-18;/h3-11H,2,12-16H2,1H3,(H2,22,23,24);1H. The van der Waals surface area contributed by atoms with Gasteiger partial charge in [0.25, 0.3) is 0 Å². The number of halogens is 2. The summed E-state index contributed by atoms with van der Waals surface area (Å²) in [5.74, 6) is 1.90. The molecule has 0 amide bonds. The number of rotatable bonds is 9. The highest BCUT2D eigenvalue weighted by Crippen LogP contribution is 2.09. The predicted molar refractivity (Wildman–Crippen MR) is 128 cm³/mol. The molecule has 0 spiro atoms. The van der Waals surface area contributed by atoms with Gasteiger partial charge in [0, 0.05) is 40.4 Å². The molecule has 4 nitrogen and oxygen atoms in total. The van der Waals surface area contributed by atoms with E-state index in [-0.39, 0.29) is 24.0 Å². The van der Waals surface area contributed by atoms with Crippen LogP contribution in [0.3, 0.4) is 0 Å². The maximum Gasteiger partial charge on any atom is 0.191 e. The SMILES string of the molecule is CCNC(=NCCS(=O)Cc1ccccc1)NCCc1ccc(Cl)cc1.I. The van der Waals surface area contributed by atoms with Crippen molar-refractivity contribution in [3.05, 3.63) is 70.7 Å². The van der Waals surface area contributed by atoms with Gasteiger partial charge in [0.2, 0.25) is 0 Å². The van der Waals surface area contributed by atoms with E-state index in [2.05, 4.69) is 15.6 Å². The molecule has 2 N–H and O–H groups in total. The molecule has 0 aromatic heterocycles. The van der Waals surface area contributed by atoms with E-state index >= 15 is 0 Å². The third-order valence-corrected chi connectivity index (χ3v) is 5.27. The second-order valence-corrected chi connectivity index (χ2v) is 7.85. The minimum Gasteiger partial charge on any atom is -0.357 e. The van der Waals surface area contributed by atoms with Crippen LogP contribution < -0.4 is 10.6 Å². The van der Waals surface area contributed by atoms with Crippen LogP contribution in [0.1, 0.15) is 18.1 Å². The highest BCUT2D eigenvalue weighted by molar-refractivity contribution is 14.0. The van der Waals surface area contributed by atoms with Crippen LogP contribution in [-0.2, 0) is 23.0 Å². The van der Waals surface area contributed by atoms with Gasteiger partial charge in [0.1, 0.15) is 0 Å². The van der Waals surface area contributed by atoms with Crippen molar-refractivity contribution in [2.75, 3.05) is 25.4 Å². The molecule has 7 heteroatoms. The Morgan fingerprint density at radius 1 is 1.04 bits per heavy atom. The first-order valence-corrected chi connectivity index (χ1v) is 10.7. The van der Waals surface area contributed by atoms with Gasteiger partial charge >= 0.3 is 0 Å². The molecule has 2 aromatic carbocycles. The molecule has 0 bridgehead atoms. The van der Waals surface area contributed by atoms with Gasteiger partial charge in [-0.25, -0.2) is 0 Å². The Morgan fingerprint density at radius 2 is 1.74 bits per heavy atom. The van der Waals surface area contributed by atoms with Crippen molar-refractivity contribution < 1.29 is 4.21 Å². The van der Waals surface area contributed by atoms with Crippen molar-refractivity contribution >= 4 is 52.3 Å². The van der Waals surface area contributed by atoms with Gasteiger partial charge in [-0.3, -0.25) is 9.20 Å². The van der Waals surface area contributed by atoms with E-state index in [1.165, 1.54) is 5.56 Å². The summed E-state index contributed by atoms with van der Waals surface area (Å²) in [6.45, 7) is 4.14. The lowest BCUT2D eigenvalue weighted by atomic mass is 10.1. The summed E-state index contributed by atoms with van der Waals surface area (Å²) in [7, 11) is -0.904. The summed E-state index contributed by atoms with van der Waals surface area (Å²) in [5.41, 5.74) is 2.32. The third-order valence-electron chi connectivity index (χ3n) is 3.72. The van der Waals surface area contributed by atoms with Crippen molar-refractivity contribution in [2.45, 2.75) is 19.1 Å². The molecular weight excluding hydrogens is 493 g/mol. The largest absolute Gasteiger partial charge is 0.357 e. The monoisotopic (exact) mass is 519 g/mol. The molecule has 2 rings (SSSR count). The first-order valence-electron chi connectivity index (χ1n) is 8.83. The van der Waals surface area contributed by atoms with E-state index in [0.29, 0.717) is 18.1 Å². The first kappa shape index (κ1) is 23.9. The summed E-state index contributed by atoms with van der Waals surface area (Å²) in [5, 5.41) is 7.28. The molecule has 0 fully saturated rings. The Morgan fingerprint density at radius 3 is 2.41 bits per heavy atom. The van der Waals surface area contributed by atoms with Gasteiger partial charge in [-0.05, 0) is 36.6 Å². The number of nitrogens with zero attached hydrogens (tertiary/aromatic N) is 1. The summed E-state index contributed by atoms with van der Waals surface area (Å²) in [6, 6.07) is 17.8. The molecule has 0 radical (unpaired) electrons. The molecule has 1 unspecified atom stereocenters.